The molecule has 0 aromatic heterocycles. The van der Waals surface area contributed by atoms with E-state index in [-0.39, 0.29) is 60.9 Å². The molecule has 350 valence electrons. The van der Waals surface area contributed by atoms with Crippen molar-refractivity contribution in [2.24, 2.45) is 30.7 Å². The zero-order valence-corrected chi connectivity index (χ0v) is 37.5. The van der Waals surface area contributed by atoms with Gasteiger partial charge in [0.2, 0.25) is 5.91 Å². The summed E-state index contributed by atoms with van der Waals surface area (Å²) in [6.07, 6.45) is 0. The molecule has 0 aliphatic rings. The second-order valence-corrected chi connectivity index (χ2v) is 19.3. The number of ether oxygens (including phenoxy) is 2. The summed E-state index contributed by atoms with van der Waals surface area (Å²) >= 11 is 0. The largest absolute Gasteiger partial charge is 0.505 e. The van der Waals surface area contributed by atoms with Crippen molar-refractivity contribution in [2.75, 3.05) is 44.3 Å². The number of methoxy groups -OCH3 is 2. The molecule has 6 N–H and O–H groups in total. The maximum atomic E-state index is 12.9. The van der Waals surface area contributed by atoms with Gasteiger partial charge in [-0.05, 0) is 61.4 Å². The Balaban J connectivity index is 1.69. The van der Waals surface area contributed by atoms with E-state index in [9.17, 15) is 58.6 Å². The van der Waals surface area contributed by atoms with Gasteiger partial charge in [-0.3, -0.25) is 13.9 Å². The van der Waals surface area contributed by atoms with Crippen molar-refractivity contribution in [3.8, 4) is 23.0 Å². The number of rotatable bonds is 20. The number of carbonyl (C=O) groups is 2. The van der Waals surface area contributed by atoms with Crippen molar-refractivity contribution >= 4 is 92.2 Å². The van der Waals surface area contributed by atoms with Crippen molar-refractivity contribution in [2.45, 2.75) is 30.6 Å². The van der Waals surface area contributed by atoms with Gasteiger partial charge in [0.25, 0.3) is 0 Å². The number of azo groups is 3. The van der Waals surface area contributed by atoms with Gasteiger partial charge >= 0.3 is 26.8 Å². The molecule has 0 heterocycles. The minimum absolute atomic E-state index is 0.0104. The number of aromatic carboxylic acids is 1. The summed E-state index contributed by atoms with van der Waals surface area (Å²) in [7, 11) is -15.8. The molecule has 65 heavy (non-hydrogen) atoms. The Bertz CT molecular complexity index is 3090. The molecule has 0 unspecified atom stereocenters. The fraction of sp³-hybridized carbons (Fsp3) is 0.257. The Morgan fingerprint density at radius 3 is 1.54 bits per heavy atom. The van der Waals surface area contributed by atoms with Gasteiger partial charge in [-0.1, -0.05) is 0 Å². The Morgan fingerprint density at radius 1 is 0.631 bits per heavy atom. The fourth-order valence-corrected chi connectivity index (χ4v) is 8.98. The molecule has 0 saturated heterocycles. The molecule has 0 atom stereocenters. The van der Waals surface area contributed by atoms with Gasteiger partial charge in [0.15, 0.2) is 31.1 Å². The lowest BCUT2D eigenvalue weighted by molar-refractivity contribution is -0.114. The SMILES string of the molecule is COc1cc(S(=O)(=O)CCOS(=O)(=O)O)c(C)cc1N=Nc1ccc(N=Nc2c(C(=O)O)cc(O)c(N=Nc3cc(C)c(S(=O)(=O)CCOS(=O)(=O)O)cc3OC)c2O)cc1NC(C)=O. The molecule has 30 heteroatoms. The van der Waals surface area contributed by atoms with Crippen LogP contribution in [0.15, 0.2) is 89.0 Å². The van der Waals surface area contributed by atoms with Crippen molar-refractivity contribution in [3.63, 3.8) is 0 Å². The zero-order chi connectivity index (χ0) is 48.7. The minimum Gasteiger partial charge on any atom is -0.505 e. The first-order valence-corrected chi connectivity index (χ1v) is 23.7. The molecule has 4 aromatic carbocycles. The number of sulfone groups is 2. The van der Waals surface area contributed by atoms with Crippen LogP contribution in [0, 0.1) is 13.8 Å². The Morgan fingerprint density at radius 2 is 1.09 bits per heavy atom. The molecule has 0 spiro atoms. The van der Waals surface area contributed by atoms with E-state index in [0.29, 0.717) is 6.07 Å². The van der Waals surface area contributed by atoms with Crippen LogP contribution in [0.4, 0.5) is 39.8 Å². The smallest absolute Gasteiger partial charge is 0.397 e. The van der Waals surface area contributed by atoms with Gasteiger partial charge in [-0.15, -0.1) is 25.6 Å². The number of nitrogens with one attached hydrogen (secondary N) is 1. The molecule has 4 rings (SSSR count). The number of anilines is 1. The second kappa shape index (κ2) is 20.5. The molecule has 0 saturated carbocycles. The maximum Gasteiger partial charge on any atom is 0.397 e. The Labute approximate surface area is 370 Å². The second-order valence-electron chi connectivity index (χ2n) is 13.0. The summed E-state index contributed by atoms with van der Waals surface area (Å²) in [4.78, 5) is 23.7. The lowest BCUT2D eigenvalue weighted by Crippen LogP contribution is -2.16. The molecule has 0 fully saturated rings. The third-order valence-electron chi connectivity index (χ3n) is 8.33. The van der Waals surface area contributed by atoms with E-state index in [2.05, 4.69) is 44.4 Å². The third kappa shape index (κ3) is 13.7. The van der Waals surface area contributed by atoms with Gasteiger partial charge in [-0.25, -0.2) is 30.0 Å². The highest BCUT2D eigenvalue weighted by Gasteiger charge is 2.25. The average molecular weight is 988 g/mol. The predicted molar refractivity (Wildman–Crippen MR) is 225 cm³/mol. The number of aromatic hydroxyl groups is 2. The molecule has 0 radical (unpaired) electrons. The van der Waals surface area contributed by atoms with E-state index < -0.39 is 106 Å². The average Bonchev–Trinajstić information content (AvgIpc) is 3.18. The molecular formula is C35H37N7O19S4. The van der Waals surface area contributed by atoms with Crippen LogP contribution in [0.2, 0.25) is 0 Å². The fourth-order valence-electron chi connectivity index (χ4n) is 5.46. The summed E-state index contributed by atoms with van der Waals surface area (Å²) in [6, 6.07) is 9.19. The van der Waals surface area contributed by atoms with E-state index in [0.717, 1.165) is 19.2 Å². The first-order valence-electron chi connectivity index (χ1n) is 17.7. The molecule has 4 aromatic rings. The van der Waals surface area contributed by atoms with Crippen LogP contribution in [0.3, 0.4) is 0 Å². The number of benzene rings is 4. The molecule has 1 amide bonds. The van der Waals surface area contributed by atoms with Crippen molar-refractivity contribution < 1.29 is 85.5 Å². The summed E-state index contributed by atoms with van der Waals surface area (Å²) in [5.74, 6) is -6.10. The molecule has 0 aliphatic carbocycles. The zero-order valence-electron chi connectivity index (χ0n) is 34.2. The van der Waals surface area contributed by atoms with Crippen molar-refractivity contribution in [3.05, 3.63) is 65.2 Å². The van der Waals surface area contributed by atoms with E-state index in [1.54, 1.807) is 0 Å². The Kier molecular flexibility index (Phi) is 16.1. The van der Waals surface area contributed by atoms with E-state index in [1.807, 2.05) is 0 Å². The Hall–Kier alpha value is -6.54. The molecule has 26 nitrogen and oxygen atoms in total. The van der Waals surface area contributed by atoms with Crippen LogP contribution >= 0.6 is 0 Å². The molecule has 0 bridgehead atoms. The number of phenolic OH excluding ortho intramolecular Hbond substituents is 2. The maximum absolute atomic E-state index is 12.9. The standard InChI is InChI=1S/C35H37N7O19S4/c1-18-12-25(28(58-4)16-30(18)62(48,49)10-8-60-64(52,53)54)39-38-23-7-6-21(14-24(23)36-20(3)43)37-41-32-22(35(46)47)15-27(44)33(34(32)45)42-40-26-13-19(2)31(17-29(26)59-5)63(50,51)11-9-61-65(55,56)57/h6-7,12-17,44-45H,8-11H2,1-5H3,(H,36,43)(H,46,47)(H,52,53,54)(H,55,56,57). The normalized spacial score (nSPS) is 12.6. The number of carboxylic acids is 1. The van der Waals surface area contributed by atoms with Crippen LogP contribution in [0.5, 0.6) is 23.0 Å². The molecule has 0 aliphatic heterocycles. The number of hydrogen-bond donors (Lipinski definition) is 6. The van der Waals surface area contributed by atoms with Gasteiger partial charge in [0, 0.05) is 19.1 Å². The monoisotopic (exact) mass is 987 g/mol. The van der Waals surface area contributed by atoms with Crippen LogP contribution < -0.4 is 14.8 Å². The quantitative estimate of drug-likeness (QED) is 0.0448. The summed E-state index contributed by atoms with van der Waals surface area (Å²) in [5, 5.41) is 58.0. The van der Waals surface area contributed by atoms with E-state index in [4.69, 9.17) is 18.6 Å². The predicted octanol–water partition coefficient (Wildman–Crippen LogP) is 5.82. The number of nitrogens with zero attached hydrogens (tertiary/aromatic N) is 6. The third-order valence-corrected chi connectivity index (χ3v) is 12.9. The van der Waals surface area contributed by atoms with Gasteiger partial charge in [0.1, 0.15) is 40.0 Å². The first kappa shape index (κ1) is 51.1. The lowest BCUT2D eigenvalue weighted by atomic mass is 10.1. The number of phenols is 2. The van der Waals surface area contributed by atoms with Gasteiger partial charge < -0.3 is 30.1 Å². The highest BCUT2D eigenvalue weighted by Crippen LogP contribution is 2.47. The van der Waals surface area contributed by atoms with Crippen molar-refractivity contribution in [1.82, 2.24) is 0 Å². The van der Waals surface area contributed by atoms with Crippen LogP contribution in [-0.4, -0.2) is 109 Å². The van der Waals surface area contributed by atoms with Crippen molar-refractivity contribution in [1.29, 1.82) is 0 Å². The number of hydrogen-bond acceptors (Lipinski definition) is 22. The summed E-state index contributed by atoms with van der Waals surface area (Å²) < 4.78 is 131. The number of carboxylic acid groups (broad SMARTS) is 1. The van der Waals surface area contributed by atoms with E-state index in [1.165, 1.54) is 58.2 Å². The van der Waals surface area contributed by atoms with Gasteiger partial charge in [-0.2, -0.15) is 21.9 Å². The lowest BCUT2D eigenvalue weighted by Gasteiger charge is -2.12. The summed E-state index contributed by atoms with van der Waals surface area (Å²) in [6.45, 7) is 2.17. The van der Waals surface area contributed by atoms with Crippen LogP contribution in [0.25, 0.3) is 0 Å². The van der Waals surface area contributed by atoms with E-state index >= 15 is 0 Å². The number of aryl methyl sites for hydroxylation is 2. The van der Waals surface area contributed by atoms with Gasteiger partial charge in [0.05, 0.1) is 65.7 Å². The first-order chi connectivity index (χ1) is 30.2. The van der Waals surface area contributed by atoms with Crippen LogP contribution in [-0.2, 0) is 53.6 Å². The highest BCUT2D eigenvalue weighted by atomic mass is 32.3. The topological polar surface area (TPSA) is 395 Å². The van der Waals surface area contributed by atoms with Crippen LogP contribution in [0.1, 0.15) is 28.4 Å². The minimum atomic E-state index is -4.91. The number of amides is 1. The molecular weight excluding hydrogens is 951 g/mol. The number of carbonyl (C=O) groups excluding carboxylic acids is 1. The highest BCUT2D eigenvalue weighted by molar-refractivity contribution is 7.91. The summed E-state index contributed by atoms with van der Waals surface area (Å²) in [5.41, 5.74) is -2.14.